The van der Waals surface area contributed by atoms with Crippen molar-refractivity contribution in [2.24, 2.45) is 0 Å². The number of ether oxygens (including phenoxy) is 1. The molecule has 0 spiro atoms. The van der Waals surface area contributed by atoms with Gasteiger partial charge in [0.25, 0.3) is 5.91 Å². The van der Waals surface area contributed by atoms with E-state index in [4.69, 9.17) is 51.1 Å². The number of hydrogen-bond donors (Lipinski definition) is 1. The van der Waals surface area contributed by atoms with Gasteiger partial charge >= 0.3 is 0 Å². The van der Waals surface area contributed by atoms with Crippen LogP contribution in [0.1, 0.15) is 16.7 Å². The Morgan fingerprint density at radius 2 is 1.72 bits per heavy atom. The molecule has 0 bridgehead atoms. The van der Waals surface area contributed by atoms with Crippen molar-refractivity contribution in [3.63, 3.8) is 0 Å². The molecule has 0 aromatic heterocycles. The summed E-state index contributed by atoms with van der Waals surface area (Å²) in [5, 5.41) is 13.5. The van der Waals surface area contributed by atoms with Crippen LogP contribution in [-0.4, -0.2) is 5.91 Å². The van der Waals surface area contributed by atoms with E-state index in [0.717, 1.165) is 11.1 Å². The molecule has 0 aliphatic carbocycles. The molecule has 0 radical (unpaired) electrons. The molecule has 0 saturated heterocycles. The van der Waals surface area contributed by atoms with Gasteiger partial charge in [0.05, 0.1) is 20.1 Å². The predicted octanol–water partition coefficient (Wildman–Crippen LogP) is 7.73. The average Bonchev–Trinajstić information content (AvgIpc) is 2.73. The predicted molar refractivity (Wildman–Crippen MR) is 131 cm³/mol. The number of aryl methyl sites for hydroxylation is 1. The molecule has 0 aliphatic rings. The van der Waals surface area contributed by atoms with Crippen LogP contribution in [-0.2, 0) is 11.4 Å². The topological polar surface area (TPSA) is 62.1 Å². The van der Waals surface area contributed by atoms with Crippen molar-refractivity contribution in [1.29, 1.82) is 5.26 Å². The van der Waals surface area contributed by atoms with Gasteiger partial charge in [-0.3, -0.25) is 4.79 Å². The van der Waals surface area contributed by atoms with Crippen LogP contribution in [0, 0.1) is 18.3 Å². The fourth-order valence-electron chi connectivity index (χ4n) is 2.82. The number of rotatable bonds is 6. The maximum Gasteiger partial charge on any atom is 0.266 e. The first kappa shape index (κ1) is 24.0. The molecule has 0 heterocycles. The number of nitriles is 1. The standard InChI is InChI=1S/C24H16Cl4N2O2/c1-14-3-2-4-18(7-14)30-24(31)17(12-29)8-16-10-21(27)23(22(28)11-16)32-13-15-5-6-19(25)20(26)9-15/h2-11H,13H2,1H3,(H,30,31)/b17-8-. The highest BCUT2D eigenvalue weighted by atomic mass is 35.5. The van der Waals surface area contributed by atoms with Gasteiger partial charge in [-0.25, -0.2) is 0 Å². The summed E-state index contributed by atoms with van der Waals surface area (Å²) in [6.07, 6.45) is 1.41. The van der Waals surface area contributed by atoms with Crippen LogP contribution in [0.4, 0.5) is 5.69 Å². The van der Waals surface area contributed by atoms with Gasteiger partial charge in [-0.2, -0.15) is 5.26 Å². The Balaban J connectivity index is 1.77. The van der Waals surface area contributed by atoms with Crippen molar-refractivity contribution in [3.8, 4) is 11.8 Å². The highest BCUT2D eigenvalue weighted by Gasteiger charge is 2.13. The Labute approximate surface area is 205 Å². The monoisotopic (exact) mass is 504 g/mol. The number of carbonyl (C=O) groups excluding carboxylic acids is 1. The number of halogens is 4. The number of carbonyl (C=O) groups is 1. The van der Waals surface area contributed by atoms with Crippen LogP contribution in [0.3, 0.4) is 0 Å². The van der Waals surface area contributed by atoms with Crippen LogP contribution in [0.2, 0.25) is 20.1 Å². The summed E-state index contributed by atoms with van der Waals surface area (Å²) in [5.74, 6) is -0.260. The van der Waals surface area contributed by atoms with Crippen LogP contribution in [0.15, 0.2) is 60.2 Å². The second-order valence-electron chi connectivity index (χ2n) is 6.84. The average molecular weight is 506 g/mol. The lowest BCUT2D eigenvalue weighted by atomic mass is 10.1. The van der Waals surface area contributed by atoms with E-state index < -0.39 is 5.91 Å². The van der Waals surface area contributed by atoms with Crippen molar-refractivity contribution in [3.05, 3.63) is 97.0 Å². The minimum Gasteiger partial charge on any atom is -0.486 e. The lowest BCUT2D eigenvalue weighted by Gasteiger charge is -2.12. The maximum atomic E-state index is 12.5. The lowest BCUT2D eigenvalue weighted by Crippen LogP contribution is -2.13. The summed E-state index contributed by atoms with van der Waals surface area (Å²) in [6, 6.07) is 17.4. The zero-order valence-corrected chi connectivity index (χ0v) is 19.8. The Morgan fingerprint density at radius 1 is 1.00 bits per heavy atom. The summed E-state index contributed by atoms with van der Waals surface area (Å²) in [5.41, 5.74) is 2.76. The third kappa shape index (κ3) is 6.18. The van der Waals surface area contributed by atoms with Crippen LogP contribution in [0.5, 0.6) is 5.75 Å². The molecule has 4 nitrogen and oxygen atoms in total. The molecule has 3 aromatic carbocycles. The summed E-state index contributed by atoms with van der Waals surface area (Å²) >= 11 is 24.6. The number of nitrogens with one attached hydrogen (secondary N) is 1. The fourth-order valence-corrected chi connectivity index (χ4v) is 3.76. The molecule has 0 atom stereocenters. The maximum absolute atomic E-state index is 12.5. The van der Waals surface area contributed by atoms with Gasteiger partial charge in [0.2, 0.25) is 0 Å². The van der Waals surface area contributed by atoms with E-state index in [2.05, 4.69) is 5.32 Å². The summed E-state index contributed by atoms with van der Waals surface area (Å²) in [4.78, 5) is 12.5. The quantitative estimate of drug-likeness (QED) is 0.275. The highest BCUT2D eigenvalue weighted by Crippen LogP contribution is 2.36. The first-order valence-electron chi connectivity index (χ1n) is 9.32. The SMILES string of the molecule is Cc1cccc(NC(=O)/C(C#N)=C\c2cc(Cl)c(OCc3ccc(Cl)c(Cl)c3)c(Cl)c2)c1. The molecule has 0 aliphatic heterocycles. The smallest absolute Gasteiger partial charge is 0.266 e. The molecule has 8 heteroatoms. The molecule has 3 aromatic rings. The second kappa shape index (κ2) is 10.8. The number of hydrogen-bond acceptors (Lipinski definition) is 3. The van der Waals surface area contributed by atoms with Gasteiger partial charge in [0, 0.05) is 5.69 Å². The van der Waals surface area contributed by atoms with E-state index in [0.29, 0.717) is 21.3 Å². The van der Waals surface area contributed by atoms with Gasteiger partial charge < -0.3 is 10.1 Å². The minimum absolute atomic E-state index is 0.0943. The Hall–Kier alpha value is -2.68. The van der Waals surface area contributed by atoms with E-state index in [-0.39, 0.29) is 28.0 Å². The number of anilines is 1. The van der Waals surface area contributed by atoms with Crippen molar-refractivity contribution < 1.29 is 9.53 Å². The zero-order chi connectivity index (χ0) is 23.3. The number of benzene rings is 3. The lowest BCUT2D eigenvalue weighted by molar-refractivity contribution is -0.112. The molecule has 1 amide bonds. The highest BCUT2D eigenvalue weighted by molar-refractivity contribution is 6.42. The minimum atomic E-state index is -0.537. The number of nitrogens with zero attached hydrogens (tertiary/aromatic N) is 1. The second-order valence-corrected chi connectivity index (χ2v) is 8.47. The molecule has 1 N–H and O–H groups in total. The number of amides is 1. The van der Waals surface area contributed by atoms with Crippen LogP contribution >= 0.6 is 46.4 Å². The van der Waals surface area contributed by atoms with Crippen molar-refractivity contribution >= 4 is 64.1 Å². The normalized spacial score (nSPS) is 11.1. The van der Waals surface area contributed by atoms with Gasteiger partial charge in [-0.15, -0.1) is 0 Å². The Bertz CT molecular complexity index is 1230. The van der Waals surface area contributed by atoms with E-state index in [1.54, 1.807) is 42.5 Å². The largest absolute Gasteiger partial charge is 0.486 e. The Morgan fingerprint density at radius 3 is 2.34 bits per heavy atom. The molecule has 3 rings (SSSR count). The zero-order valence-electron chi connectivity index (χ0n) is 16.8. The summed E-state index contributed by atoms with van der Waals surface area (Å²) in [7, 11) is 0. The third-order valence-corrected chi connectivity index (χ3v) is 5.64. The molecule has 162 valence electrons. The fraction of sp³-hybridized carbons (Fsp3) is 0.0833. The first-order valence-corrected chi connectivity index (χ1v) is 10.8. The van der Waals surface area contributed by atoms with Crippen molar-refractivity contribution in [2.75, 3.05) is 5.32 Å². The molecule has 32 heavy (non-hydrogen) atoms. The van der Waals surface area contributed by atoms with Crippen molar-refractivity contribution in [1.82, 2.24) is 0 Å². The van der Waals surface area contributed by atoms with Gasteiger partial charge in [-0.1, -0.05) is 64.6 Å². The van der Waals surface area contributed by atoms with Gasteiger partial charge in [0.15, 0.2) is 5.75 Å². The van der Waals surface area contributed by atoms with Crippen LogP contribution < -0.4 is 10.1 Å². The van der Waals surface area contributed by atoms with Crippen molar-refractivity contribution in [2.45, 2.75) is 13.5 Å². The molecule has 0 saturated carbocycles. The van der Waals surface area contributed by atoms with E-state index >= 15 is 0 Å². The van der Waals surface area contributed by atoms with Crippen LogP contribution in [0.25, 0.3) is 6.08 Å². The molecule has 0 fully saturated rings. The first-order chi connectivity index (χ1) is 15.3. The van der Waals surface area contributed by atoms with E-state index in [9.17, 15) is 10.1 Å². The molecular formula is C24H16Cl4N2O2. The Kier molecular flexibility index (Phi) is 8.06. The molecule has 0 unspecified atom stereocenters. The van der Waals surface area contributed by atoms with E-state index in [1.165, 1.54) is 6.08 Å². The van der Waals surface area contributed by atoms with E-state index in [1.807, 2.05) is 25.1 Å². The van der Waals surface area contributed by atoms with Gasteiger partial charge in [0.1, 0.15) is 18.2 Å². The summed E-state index contributed by atoms with van der Waals surface area (Å²) < 4.78 is 5.74. The molecular weight excluding hydrogens is 490 g/mol. The van der Waals surface area contributed by atoms with Gasteiger partial charge in [-0.05, 0) is 66.1 Å². The third-order valence-electron chi connectivity index (χ3n) is 4.34. The summed E-state index contributed by atoms with van der Waals surface area (Å²) in [6.45, 7) is 2.08.